The molecule has 0 atom stereocenters. The molecule has 2 nitrogen and oxygen atoms in total. The largest absolute Gasteiger partial charge is 0.261 e. The molecule has 0 N–H and O–H groups in total. The molecule has 2 aromatic heterocycles. The van der Waals surface area contributed by atoms with E-state index in [1.54, 1.807) is 11.3 Å². The number of hydrogen-bond acceptors (Lipinski definition) is 3. The van der Waals surface area contributed by atoms with Crippen molar-refractivity contribution in [2.45, 2.75) is 19.8 Å². The summed E-state index contributed by atoms with van der Waals surface area (Å²) in [7, 11) is 0. The third-order valence-electron chi connectivity index (χ3n) is 4.12. The summed E-state index contributed by atoms with van der Waals surface area (Å²) in [6.45, 7) is 2.18. The Kier molecular flexibility index (Phi) is 4.09. The first-order valence-electron chi connectivity index (χ1n) is 8.23. The van der Waals surface area contributed by atoms with Gasteiger partial charge in [-0.2, -0.15) is 0 Å². The number of thiazole rings is 1. The Morgan fingerprint density at radius 1 is 0.917 bits per heavy atom. The first-order valence-corrected chi connectivity index (χ1v) is 9.11. The molecule has 0 radical (unpaired) electrons. The smallest absolute Gasteiger partial charge is 0.124 e. The predicted molar refractivity (Wildman–Crippen MR) is 102 cm³/mol. The van der Waals surface area contributed by atoms with Crippen molar-refractivity contribution < 1.29 is 0 Å². The summed E-state index contributed by atoms with van der Waals surface area (Å²) < 4.78 is 0. The highest BCUT2D eigenvalue weighted by atomic mass is 32.1. The van der Waals surface area contributed by atoms with Crippen molar-refractivity contribution >= 4 is 22.1 Å². The molecular formula is C21H18N2S. The zero-order valence-corrected chi connectivity index (χ0v) is 14.4. The van der Waals surface area contributed by atoms with E-state index in [1.807, 2.05) is 12.3 Å². The maximum atomic E-state index is 4.85. The molecule has 0 unspecified atom stereocenters. The first kappa shape index (κ1) is 15.0. The van der Waals surface area contributed by atoms with Crippen molar-refractivity contribution in [1.29, 1.82) is 0 Å². The second-order valence-electron chi connectivity index (χ2n) is 5.89. The van der Waals surface area contributed by atoms with Crippen LogP contribution in [0.25, 0.3) is 32.6 Å². The van der Waals surface area contributed by atoms with Crippen LogP contribution in [0.15, 0.2) is 66.2 Å². The van der Waals surface area contributed by atoms with Crippen molar-refractivity contribution in [2.75, 3.05) is 0 Å². The molecule has 0 aliphatic carbocycles. The summed E-state index contributed by atoms with van der Waals surface area (Å²) >= 11 is 1.69. The Balaban J connectivity index is 1.69. The molecule has 2 aromatic carbocycles. The molecule has 118 valence electrons. The van der Waals surface area contributed by atoms with Gasteiger partial charge in [0.1, 0.15) is 5.01 Å². The predicted octanol–water partition coefficient (Wildman–Crippen LogP) is 5.98. The number of aryl methyl sites for hydroxylation is 1. The van der Waals surface area contributed by atoms with Gasteiger partial charge in [-0.3, -0.25) is 4.98 Å². The molecule has 0 spiro atoms. The van der Waals surface area contributed by atoms with Crippen LogP contribution in [0.1, 0.15) is 19.0 Å². The molecule has 0 aliphatic rings. The van der Waals surface area contributed by atoms with Crippen LogP contribution < -0.4 is 0 Å². The quantitative estimate of drug-likeness (QED) is 0.460. The second-order valence-corrected chi connectivity index (χ2v) is 6.74. The average Bonchev–Trinajstić information content (AvgIpc) is 3.12. The van der Waals surface area contributed by atoms with Gasteiger partial charge >= 0.3 is 0 Å². The van der Waals surface area contributed by atoms with E-state index in [0.29, 0.717) is 0 Å². The molecule has 4 rings (SSSR count). The van der Waals surface area contributed by atoms with Gasteiger partial charge in [0, 0.05) is 28.4 Å². The minimum atomic E-state index is 1.01. The third kappa shape index (κ3) is 2.95. The lowest BCUT2D eigenvalue weighted by Crippen LogP contribution is -1.89. The fourth-order valence-corrected chi connectivity index (χ4v) is 3.72. The van der Waals surface area contributed by atoms with E-state index in [1.165, 1.54) is 16.3 Å². The van der Waals surface area contributed by atoms with Gasteiger partial charge < -0.3 is 0 Å². The van der Waals surface area contributed by atoms with E-state index >= 15 is 0 Å². The fraction of sp³-hybridized carbons (Fsp3) is 0.143. The number of nitrogens with zero attached hydrogens (tertiary/aromatic N) is 2. The monoisotopic (exact) mass is 330 g/mol. The van der Waals surface area contributed by atoms with E-state index in [-0.39, 0.29) is 0 Å². The highest BCUT2D eigenvalue weighted by molar-refractivity contribution is 7.13. The van der Waals surface area contributed by atoms with Crippen molar-refractivity contribution in [1.82, 2.24) is 9.97 Å². The van der Waals surface area contributed by atoms with Crippen molar-refractivity contribution in [3.63, 3.8) is 0 Å². The van der Waals surface area contributed by atoms with Crippen LogP contribution in [0.5, 0.6) is 0 Å². The normalized spacial score (nSPS) is 11.0. The van der Waals surface area contributed by atoms with Gasteiger partial charge in [-0.15, -0.1) is 11.3 Å². The van der Waals surface area contributed by atoms with Gasteiger partial charge in [0.15, 0.2) is 0 Å². The van der Waals surface area contributed by atoms with Gasteiger partial charge in [-0.05, 0) is 35.4 Å². The molecule has 24 heavy (non-hydrogen) atoms. The maximum Gasteiger partial charge on any atom is 0.124 e. The van der Waals surface area contributed by atoms with E-state index < -0.39 is 0 Å². The van der Waals surface area contributed by atoms with Crippen LogP contribution in [-0.2, 0) is 6.42 Å². The highest BCUT2D eigenvalue weighted by Crippen LogP contribution is 2.30. The highest BCUT2D eigenvalue weighted by Gasteiger charge is 2.08. The van der Waals surface area contributed by atoms with E-state index in [2.05, 4.69) is 65.8 Å². The SMILES string of the molecule is CCCc1cc(-c2nc(-c3ccc4ccccc4c3)cs2)ccn1. The molecule has 0 fully saturated rings. The number of fused-ring (bicyclic) bond motifs is 1. The van der Waals surface area contributed by atoms with Gasteiger partial charge in [-0.25, -0.2) is 4.98 Å². The Labute approximate surface area is 145 Å². The van der Waals surface area contributed by atoms with Crippen molar-refractivity contribution in [3.05, 3.63) is 71.9 Å². The number of rotatable bonds is 4. The topological polar surface area (TPSA) is 25.8 Å². The number of aromatic nitrogens is 2. The fourth-order valence-electron chi connectivity index (χ4n) is 2.89. The maximum absolute atomic E-state index is 4.85. The van der Waals surface area contributed by atoms with Crippen LogP contribution in [0.4, 0.5) is 0 Å². The molecular weight excluding hydrogens is 312 g/mol. The van der Waals surface area contributed by atoms with Gasteiger partial charge in [-0.1, -0.05) is 49.7 Å². The van der Waals surface area contributed by atoms with Crippen molar-refractivity contribution in [2.24, 2.45) is 0 Å². The number of pyridine rings is 1. The van der Waals surface area contributed by atoms with Crippen LogP contribution >= 0.6 is 11.3 Å². The van der Waals surface area contributed by atoms with Gasteiger partial charge in [0.2, 0.25) is 0 Å². The average molecular weight is 330 g/mol. The third-order valence-corrected chi connectivity index (χ3v) is 5.01. The summed E-state index contributed by atoms with van der Waals surface area (Å²) in [5, 5.41) is 5.70. The Morgan fingerprint density at radius 3 is 2.67 bits per heavy atom. The lowest BCUT2D eigenvalue weighted by atomic mass is 10.1. The standard InChI is InChI=1S/C21H18N2S/c1-2-5-19-13-18(10-11-22-19)21-23-20(14-24-21)17-9-8-15-6-3-4-7-16(15)12-17/h3-4,6-14H,2,5H2,1H3. The van der Waals surface area contributed by atoms with Gasteiger partial charge in [0.05, 0.1) is 5.69 Å². The molecule has 4 aromatic rings. The first-order chi connectivity index (χ1) is 11.8. The summed E-state index contributed by atoms with van der Waals surface area (Å²) in [5.74, 6) is 0. The van der Waals surface area contributed by atoms with Crippen LogP contribution in [0, 0.1) is 0 Å². The summed E-state index contributed by atoms with van der Waals surface area (Å²) in [6.07, 6.45) is 4.00. The molecule has 2 heterocycles. The van der Waals surface area contributed by atoms with E-state index in [9.17, 15) is 0 Å². The van der Waals surface area contributed by atoms with Crippen LogP contribution in [-0.4, -0.2) is 9.97 Å². The lowest BCUT2D eigenvalue weighted by Gasteiger charge is -2.02. The Bertz CT molecular complexity index is 988. The van der Waals surface area contributed by atoms with E-state index in [4.69, 9.17) is 4.98 Å². The number of benzene rings is 2. The molecule has 0 saturated heterocycles. The Hall–Kier alpha value is -2.52. The van der Waals surface area contributed by atoms with Crippen molar-refractivity contribution in [3.8, 4) is 21.8 Å². The minimum Gasteiger partial charge on any atom is -0.261 e. The molecule has 0 saturated carbocycles. The van der Waals surface area contributed by atoms with Crippen LogP contribution in [0.3, 0.4) is 0 Å². The van der Waals surface area contributed by atoms with Crippen LogP contribution in [0.2, 0.25) is 0 Å². The minimum absolute atomic E-state index is 1.01. The molecule has 0 aliphatic heterocycles. The summed E-state index contributed by atoms with van der Waals surface area (Å²) in [5.41, 5.74) is 4.50. The Morgan fingerprint density at radius 2 is 1.79 bits per heavy atom. The zero-order chi connectivity index (χ0) is 16.4. The number of hydrogen-bond donors (Lipinski definition) is 0. The molecule has 3 heteroatoms. The molecule has 0 bridgehead atoms. The van der Waals surface area contributed by atoms with E-state index in [0.717, 1.165) is 34.8 Å². The zero-order valence-electron chi connectivity index (χ0n) is 13.6. The van der Waals surface area contributed by atoms with Gasteiger partial charge in [0.25, 0.3) is 0 Å². The molecule has 0 amide bonds. The summed E-state index contributed by atoms with van der Waals surface area (Å²) in [4.78, 5) is 9.28. The summed E-state index contributed by atoms with van der Waals surface area (Å²) in [6, 6.07) is 19.2. The lowest BCUT2D eigenvalue weighted by molar-refractivity contribution is 0.883. The second kappa shape index (κ2) is 6.54.